The minimum atomic E-state index is 0.421. The van der Waals surface area contributed by atoms with Crippen LogP contribution in [0.15, 0.2) is 0 Å². The quantitative estimate of drug-likeness (QED) is 0.699. The molecule has 2 nitrogen and oxygen atoms in total. The van der Waals surface area contributed by atoms with E-state index >= 15 is 0 Å². The van der Waals surface area contributed by atoms with Crippen molar-refractivity contribution in [2.75, 3.05) is 13.2 Å². The predicted octanol–water partition coefficient (Wildman–Crippen LogP) is 3.75. The van der Waals surface area contributed by atoms with Gasteiger partial charge in [-0.3, -0.25) is 0 Å². The molecule has 0 radical (unpaired) electrons. The second-order valence-electron chi connectivity index (χ2n) is 5.81. The first-order valence-electron chi connectivity index (χ1n) is 7.57. The summed E-state index contributed by atoms with van der Waals surface area (Å²) >= 11 is 0. The van der Waals surface area contributed by atoms with Crippen molar-refractivity contribution in [1.29, 1.82) is 0 Å². The van der Waals surface area contributed by atoms with Crippen molar-refractivity contribution in [2.45, 2.75) is 77.9 Å². The summed E-state index contributed by atoms with van der Waals surface area (Å²) in [7, 11) is 0. The Morgan fingerprint density at radius 1 is 1.18 bits per heavy atom. The van der Waals surface area contributed by atoms with Crippen molar-refractivity contribution < 1.29 is 4.74 Å². The minimum Gasteiger partial charge on any atom is -0.377 e. The van der Waals surface area contributed by atoms with Crippen LogP contribution in [0.4, 0.5) is 0 Å². The Kier molecular flexibility index (Phi) is 7.87. The lowest BCUT2D eigenvalue weighted by Crippen LogP contribution is -2.34. The number of rotatable bonds is 8. The highest BCUT2D eigenvalue weighted by Crippen LogP contribution is 2.24. The standard InChI is InChI=1S/C15H31NO/c1-4-8-15(11-16-13(2)3)17-12-14-9-6-5-7-10-14/h13-16H,4-12H2,1-3H3. The van der Waals surface area contributed by atoms with Gasteiger partial charge in [-0.05, 0) is 25.2 Å². The van der Waals surface area contributed by atoms with Crippen LogP contribution in [0.5, 0.6) is 0 Å². The van der Waals surface area contributed by atoms with Crippen LogP contribution >= 0.6 is 0 Å². The van der Waals surface area contributed by atoms with Gasteiger partial charge in [0.1, 0.15) is 0 Å². The van der Waals surface area contributed by atoms with Crippen molar-refractivity contribution >= 4 is 0 Å². The maximum atomic E-state index is 6.11. The zero-order valence-electron chi connectivity index (χ0n) is 12.0. The van der Waals surface area contributed by atoms with Gasteiger partial charge < -0.3 is 10.1 Å². The van der Waals surface area contributed by atoms with Gasteiger partial charge in [0, 0.05) is 19.2 Å². The summed E-state index contributed by atoms with van der Waals surface area (Å²) in [6, 6.07) is 0.563. The fourth-order valence-electron chi connectivity index (χ4n) is 2.56. The van der Waals surface area contributed by atoms with E-state index in [1.807, 2.05) is 0 Å². The molecule has 2 heteroatoms. The van der Waals surface area contributed by atoms with Crippen LogP contribution in [0.25, 0.3) is 0 Å². The van der Waals surface area contributed by atoms with Crippen molar-refractivity contribution in [3.8, 4) is 0 Å². The molecule has 1 N–H and O–H groups in total. The van der Waals surface area contributed by atoms with Gasteiger partial charge in [0.2, 0.25) is 0 Å². The summed E-state index contributed by atoms with van der Waals surface area (Å²) in [5, 5.41) is 3.49. The molecule has 17 heavy (non-hydrogen) atoms. The van der Waals surface area contributed by atoms with Crippen LogP contribution in [0.1, 0.15) is 65.7 Å². The van der Waals surface area contributed by atoms with Crippen molar-refractivity contribution in [3.05, 3.63) is 0 Å². The number of nitrogens with one attached hydrogen (secondary N) is 1. The Labute approximate surface area is 108 Å². The lowest BCUT2D eigenvalue weighted by atomic mass is 9.90. The first-order chi connectivity index (χ1) is 8.22. The Morgan fingerprint density at radius 2 is 1.88 bits per heavy atom. The maximum Gasteiger partial charge on any atom is 0.0699 e. The Morgan fingerprint density at radius 3 is 2.47 bits per heavy atom. The van der Waals surface area contributed by atoms with E-state index in [9.17, 15) is 0 Å². The van der Waals surface area contributed by atoms with Crippen molar-refractivity contribution in [3.63, 3.8) is 0 Å². The van der Waals surface area contributed by atoms with Gasteiger partial charge >= 0.3 is 0 Å². The molecular weight excluding hydrogens is 210 g/mol. The number of hydrogen-bond donors (Lipinski definition) is 1. The minimum absolute atomic E-state index is 0.421. The molecule has 1 aliphatic carbocycles. The average molecular weight is 241 g/mol. The molecule has 102 valence electrons. The van der Waals surface area contributed by atoms with E-state index in [1.54, 1.807) is 0 Å². The average Bonchev–Trinajstić information content (AvgIpc) is 2.34. The van der Waals surface area contributed by atoms with E-state index in [1.165, 1.54) is 44.9 Å². The van der Waals surface area contributed by atoms with Gasteiger partial charge in [-0.25, -0.2) is 0 Å². The highest BCUT2D eigenvalue weighted by atomic mass is 16.5. The summed E-state index contributed by atoms with van der Waals surface area (Å²) in [6.45, 7) is 8.64. The smallest absolute Gasteiger partial charge is 0.0699 e. The topological polar surface area (TPSA) is 21.3 Å². The van der Waals surface area contributed by atoms with Crippen LogP contribution in [0, 0.1) is 5.92 Å². The second kappa shape index (κ2) is 8.93. The first-order valence-corrected chi connectivity index (χ1v) is 7.57. The molecule has 0 spiro atoms. The molecule has 1 saturated carbocycles. The lowest BCUT2D eigenvalue weighted by molar-refractivity contribution is 0.0154. The Hall–Kier alpha value is -0.0800. The van der Waals surface area contributed by atoms with E-state index in [0.29, 0.717) is 12.1 Å². The zero-order valence-corrected chi connectivity index (χ0v) is 12.0. The molecule has 1 rings (SSSR count). The molecular formula is C15H31NO. The fraction of sp³-hybridized carbons (Fsp3) is 1.00. The molecule has 0 amide bonds. The molecule has 1 aliphatic rings. The third-order valence-electron chi connectivity index (χ3n) is 3.66. The van der Waals surface area contributed by atoms with Gasteiger partial charge in [-0.1, -0.05) is 46.5 Å². The maximum absolute atomic E-state index is 6.11. The van der Waals surface area contributed by atoms with E-state index in [0.717, 1.165) is 19.1 Å². The van der Waals surface area contributed by atoms with E-state index in [4.69, 9.17) is 4.74 Å². The third-order valence-corrected chi connectivity index (χ3v) is 3.66. The molecule has 0 heterocycles. The van der Waals surface area contributed by atoms with Gasteiger partial charge in [-0.15, -0.1) is 0 Å². The molecule has 1 atom stereocenters. The second-order valence-corrected chi connectivity index (χ2v) is 5.81. The van der Waals surface area contributed by atoms with Crippen LogP contribution in [0.2, 0.25) is 0 Å². The van der Waals surface area contributed by atoms with Crippen LogP contribution in [0.3, 0.4) is 0 Å². The van der Waals surface area contributed by atoms with E-state index in [-0.39, 0.29) is 0 Å². The van der Waals surface area contributed by atoms with Gasteiger partial charge in [0.25, 0.3) is 0 Å². The molecule has 1 fully saturated rings. The molecule has 0 aliphatic heterocycles. The van der Waals surface area contributed by atoms with Crippen molar-refractivity contribution in [2.24, 2.45) is 5.92 Å². The largest absolute Gasteiger partial charge is 0.377 e. The predicted molar refractivity (Wildman–Crippen MR) is 74.4 cm³/mol. The monoisotopic (exact) mass is 241 g/mol. The summed E-state index contributed by atoms with van der Waals surface area (Å²) in [5.41, 5.74) is 0. The van der Waals surface area contributed by atoms with E-state index < -0.39 is 0 Å². The normalized spacial score (nSPS) is 19.8. The lowest BCUT2D eigenvalue weighted by Gasteiger charge is -2.25. The highest BCUT2D eigenvalue weighted by Gasteiger charge is 2.16. The number of hydrogen-bond acceptors (Lipinski definition) is 2. The highest BCUT2D eigenvalue weighted by molar-refractivity contribution is 4.68. The van der Waals surface area contributed by atoms with Crippen LogP contribution in [-0.2, 0) is 4.74 Å². The molecule has 0 aromatic rings. The Bertz CT molecular complexity index is 176. The van der Waals surface area contributed by atoms with Gasteiger partial charge in [-0.2, -0.15) is 0 Å². The fourth-order valence-corrected chi connectivity index (χ4v) is 2.56. The van der Waals surface area contributed by atoms with Crippen LogP contribution in [-0.4, -0.2) is 25.3 Å². The molecule has 1 unspecified atom stereocenters. The zero-order chi connectivity index (χ0) is 12.5. The van der Waals surface area contributed by atoms with Crippen LogP contribution < -0.4 is 5.32 Å². The van der Waals surface area contributed by atoms with E-state index in [2.05, 4.69) is 26.1 Å². The summed E-state index contributed by atoms with van der Waals surface area (Å²) < 4.78 is 6.11. The number of ether oxygens (including phenoxy) is 1. The van der Waals surface area contributed by atoms with Gasteiger partial charge in [0.15, 0.2) is 0 Å². The van der Waals surface area contributed by atoms with Gasteiger partial charge in [0.05, 0.1) is 6.10 Å². The summed E-state index contributed by atoms with van der Waals surface area (Å²) in [6.07, 6.45) is 9.86. The molecule has 0 saturated heterocycles. The molecule has 0 bridgehead atoms. The summed E-state index contributed by atoms with van der Waals surface area (Å²) in [4.78, 5) is 0. The Balaban J connectivity index is 2.17. The first kappa shape index (κ1) is 15.0. The third kappa shape index (κ3) is 7.05. The molecule has 0 aromatic heterocycles. The van der Waals surface area contributed by atoms with Crippen molar-refractivity contribution in [1.82, 2.24) is 5.32 Å². The summed E-state index contributed by atoms with van der Waals surface area (Å²) in [5.74, 6) is 0.835. The molecule has 0 aromatic carbocycles. The SMILES string of the molecule is CCCC(CNC(C)C)OCC1CCCCC1.